The van der Waals surface area contributed by atoms with Gasteiger partial charge in [-0.2, -0.15) is 0 Å². The fraction of sp³-hybridized carbons (Fsp3) is 0.647. The smallest absolute Gasteiger partial charge is 0.0421 e. The van der Waals surface area contributed by atoms with Gasteiger partial charge in [0.15, 0.2) is 0 Å². The molecule has 0 aromatic heterocycles. The SMILES string of the molecule is CCc1cccc2c1NCC(C)C2N1CCCCC1. The number of benzene rings is 1. The number of piperidine rings is 1. The summed E-state index contributed by atoms with van der Waals surface area (Å²) >= 11 is 0. The molecule has 2 heteroatoms. The molecule has 2 aliphatic rings. The summed E-state index contributed by atoms with van der Waals surface area (Å²) in [7, 11) is 0. The van der Waals surface area contributed by atoms with Crippen LogP contribution in [0.2, 0.25) is 0 Å². The molecule has 19 heavy (non-hydrogen) atoms. The zero-order chi connectivity index (χ0) is 13.2. The molecular formula is C17H26N2. The maximum atomic E-state index is 3.67. The van der Waals surface area contributed by atoms with E-state index in [9.17, 15) is 0 Å². The van der Waals surface area contributed by atoms with E-state index in [1.165, 1.54) is 43.6 Å². The molecule has 2 heterocycles. The van der Waals surface area contributed by atoms with Crippen molar-refractivity contribution in [2.45, 2.75) is 45.6 Å². The predicted octanol–water partition coefficient (Wildman–Crippen LogP) is 3.84. The number of rotatable bonds is 2. The molecule has 2 atom stereocenters. The first-order valence-corrected chi connectivity index (χ1v) is 7.91. The number of fused-ring (bicyclic) bond motifs is 1. The minimum Gasteiger partial charge on any atom is -0.384 e. The molecule has 0 radical (unpaired) electrons. The lowest BCUT2D eigenvalue weighted by molar-refractivity contribution is 0.123. The standard InChI is InChI=1S/C17H26N2/c1-3-14-8-7-9-15-16(14)18-12-13(2)17(15)19-10-5-4-6-11-19/h7-9,13,17-18H,3-6,10-12H2,1-2H3. The van der Waals surface area contributed by atoms with Gasteiger partial charge in [-0.1, -0.05) is 38.5 Å². The second kappa shape index (κ2) is 5.54. The van der Waals surface area contributed by atoms with Gasteiger partial charge in [-0.25, -0.2) is 0 Å². The molecule has 0 saturated carbocycles. The van der Waals surface area contributed by atoms with E-state index in [1.807, 2.05) is 0 Å². The Bertz CT molecular complexity index is 435. The second-order valence-corrected chi connectivity index (χ2v) is 6.13. The largest absolute Gasteiger partial charge is 0.384 e. The number of likely N-dealkylation sites (tertiary alicyclic amines) is 1. The zero-order valence-electron chi connectivity index (χ0n) is 12.3. The molecule has 3 rings (SSSR count). The van der Waals surface area contributed by atoms with Crippen molar-refractivity contribution < 1.29 is 0 Å². The summed E-state index contributed by atoms with van der Waals surface area (Å²) in [6.45, 7) is 8.33. The van der Waals surface area contributed by atoms with Crippen molar-refractivity contribution in [2.24, 2.45) is 5.92 Å². The molecule has 0 spiro atoms. The molecule has 2 aliphatic heterocycles. The van der Waals surface area contributed by atoms with Crippen molar-refractivity contribution in [3.05, 3.63) is 29.3 Å². The molecular weight excluding hydrogens is 232 g/mol. The van der Waals surface area contributed by atoms with Crippen molar-refractivity contribution in [1.82, 2.24) is 4.90 Å². The Labute approximate surface area is 117 Å². The van der Waals surface area contributed by atoms with Crippen LogP contribution < -0.4 is 5.32 Å². The first-order valence-electron chi connectivity index (χ1n) is 7.91. The normalized spacial score (nSPS) is 27.7. The summed E-state index contributed by atoms with van der Waals surface area (Å²) in [6, 6.07) is 7.49. The molecule has 1 aromatic carbocycles. The lowest BCUT2D eigenvalue weighted by atomic mass is 9.85. The van der Waals surface area contributed by atoms with Gasteiger partial charge in [-0.3, -0.25) is 4.90 Å². The molecule has 2 nitrogen and oxygen atoms in total. The lowest BCUT2D eigenvalue weighted by Crippen LogP contribution is -2.41. The molecule has 1 fully saturated rings. The van der Waals surface area contributed by atoms with E-state index in [1.54, 1.807) is 5.56 Å². The lowest BCUT2D eigenvalue weighted by Gasteiger charge is -2.42. The molecule has 1 N–H and O–H groups in total. The Morgan fingerprint density at radius 3 is 2.74 bits per heavy atom. The van der Waals surface area contributed by atoms with Crippen LogP contribution in [-0.2, 0) is 6.42 Å². The summed E-state index contributed by atoms with van der Waals surface area (Å²) in [5.41, 5.74) is 4.45. The topological polar surface area (TPSA) is 15.3 Å². The molecule has 0 aliphatic carbocycles. The minimum absolute atomic E-state index is 0.628. The van der Waals surface area contributed by atoms with Gasteiger partial charge in [-0.15, -0.1) is 0 Å². The van der Waals surface area contributed by atoms with E-state index in [0.29, 0.717) is 12.0 Å². The van der Waals surface area contributed by atoms with Crippen LogP contribution in [0.25, 0.3) is 0 Å². The zero-order valence-corrected chi connectivity index (χ0v) is 12.3. The van der Waals surface area contributed by atoms with Gasteiger partial charge < -0.3 is 5.32 Å². The van der Waals surface area contributed by atoms with Crippen LogP contribution in [0.3, 0.4) is 0 Å². The third-order valence-electron chi connectivity index (χ3n) is 4.81. The van der Waals surface area contributed by atoms with Crippen molar-refractivity contribution in [2.75, 3.05) is 25.0 Å². The highest BCUT2D eigenvalue weighted by Gasteiger charge is 2.32. The highest BCUT2D eigenvalue weighted by molar-refractivity contribution is 5.61. The van der Waals surface area contributed by atoms with Crippen LogP contribution in [0.15, 0.2) is 18.2 Å². The predicted molar refractivity (Wildman–Crippen MR) is 81.6 cm³/mol. The average Bonchev–Trinajstić information content (AvgIpc) is 2.47. The first kappa shape index (κ1) is 13.0. The van der Waals surface area contributed by atoms with Gasteiger partial charge in [-0.05, 0) is 49.4 Å². The average molecular weight is 258 g/mol. The molecule has 0 amide bonds. The summed E-state index contributed by atoms with van der Waals surface area (Å²) in [5, 5.41) is 3.67. The number of aryl methyl sites for hydroxylation is 1. The van der Waals surface area contributed by atoms with E-state index in [-0.39, 0.29) is 0 Å². The van der Waals surface area contributed by atoms with E-state index >= 15 is 0 Å². The highest BCUT2D eigenvalue weighted by Crippen LogP contribution is 2.40. The monoisotopic (exact) mass is 258 g/mol. The number of nitrogens with one attached hydrogen (secondary N) is 1. The summed E-state index contributed by atoms with van der Waals surface area (Å²) in [5.74, 6) is 0.706. The van der Waals surface area contributed by atoms with E-state index in [4.69, 9.17) is 0 Å². The van der Waals surface area contributed by atoms with Gasteiger partial charge in [0.2, 0.25) is 0 Å². The van der Waals surface area contributed by atoms with Crippen molar-refractivity contribution in [3.8, 4) is 0 Å². The summed E-state index contributed by atoms with van der Waals surface area (Å²) < 4.78 is 0. The molecule has 1 saturated heterocycles. The molecule has 2 unspecified atom stereocenters. The second-order valence-electron chi connectivity index (χ2n) is 6.13. The van der Waals surface area contributed by atoms with Gasteiger partial charge in [0.25, 0.3) is 0 Å². The number of hydrogen-bond acceptors (Lipinski definition) is 2. The Hall–Kier alpha value is -1.02. The number of para-hydroxylation sites is 1. The van der Waals surface area contributed by atoms with Gasteiger partial charge in [0, 0.05) is 18.3 Å². The summed E-state index contributed by atoms with van der Waals surface area (Å²) in [6.07, 6.45) is 5.29. The maximum absolute atomic E-state index is 3.67. The van der Waals surface area contributed by atoms with Crippen LogP contribution in [0.4, 0.5) is 5.69 Å². The Kier molecular flexibility index (Phi) is 3.79. The molecule has 1 aromatic rings. The van der Waals surface area contributed by atoms with Crippen LogP contribution >= 0.6 is 0 Å². The van der Waals surface area contributed by atoms with E-state index in [2.05, 4.69) is 42.3 Å². The van der Waals surface area contributed by atoms with Crippen LogP contribution in [0, 0.1) is 5.92 Å². The Balaban J connectivity index is 1.96. The third kappa shape index (κ3) is 2.38. The third-order valence-corrected chi connectivity index (χ3v) is 4.81. The number of hydrogen-bond donors (Lipinski definition) is 1. The van der Waals surface area contributed by atoms with Crippen molar-refractivity contribution in [3.63, 3.8) is 0 Å². The fourth-order valence-electron chi connectivity index (χ4n) is 3.81. The molecule has 0 bridgehead atoms. The van der Waals surface area contributed by atoms with E-state index in [0.717, 1.165) is 13.0 Å². The summed E-state index contributed by atoms with van der Waals surface area (Å²) in [4.78, 5) is 2.73. The first-order chi connectivity index (χ1) is 9.31. The van der Waals surface area contributed by atoms with Crippen molar-refractivity contribution in [1.29, 1.82) is 0 Å². The van der Waals surface area contributed by atoms with Crippen LogP contribution in [0.5, 0.6) is 0 Å². The van der Waals surface area contributed by atoms with Gasteiger partial charge >= 0.3 is 0 Å². The van der Waals surface area contributed by atoms with Gasteiger partial charge in [0.1, 0.15) is 0 Å². The maximum Gasteiger partial charge on any atom is 0.0421 e. The Morgan fingerprint density at radius 2 is 2.00 bits per heavy atom. The minimum atomic E-state index is 0.628. The fourth-order valence-corrected chi connectivity index (χ4v) is 3.81. The van der Waals surface area contributed by atoms with E-state index < -0.39 is 0 Å². The highest BCUT2D eigenvalue weighted by atomic mass is 15.2. The number of anilines is 1. The van der Waals surface area contributed by atoms with Gasteiger partial charge in [0.05, 0.1) is 0 Å². The Morgan fingerprint density at radius 1 is 1.21 bits per heavy atom. The number of nitrogens with zero attached hydrogens (tertiary/aromatic N) is 1. The van der Waals surface area contributed by atoms with Crippen LogP contribution in [-0.4, -0.2) is 24.5 Å². The van der Waals surface area contributed by atoms with Crippen LogP contribution in [0.1, 0.15) is 50.3 Å². The van der Waals surface area contributed by atoms with Crippen molar-refractivity contribution >= 4 is 5.69 Å². The quantitative estimate of drug-likeness (QED) is 0.867. The molecule has 104 valence electrons.